The molecule has 0 bridgehead atoms. The van der Waals surface area contributed by atoms with Gasteiger partial charge < -0.3 is 13.9 Å². The molecule has 1 heterocycles. The molecule has 10 nitrogen and oxygen atoms in total. The molecule has 0 spiro atoms. The van der Waals surface area contributed by atoms with E-state index in [0.29, 0.717) is 43.4 Å². The van der Waals surface area contributed by atoms with E-state index in [-0.39, 0.29) is 29.0 Å². The SMILES string of the molecule is COC(=O)c1cccc(Oc2cccc(-c3nnc(N(Cc4ccc(CP(=O)(OF)OF)c(Br)c4)c4ccc(Cl)c(Cl)c4)o3)c2)c1. The lowest BCUT2D eigenvalue weighted by Gasteiger charge is -2.21. The minimum Gasteiger partial charge on any atom is -0.465 e. The van der Waals surface area contributed by atoms with Crippen LogP contribution in [-0.2, 0) is 31.5 Å². The van der Waals surface area contributed by atoms with Crippen molar-refractivity contribution in [2.45, 2.75) is 12.7 Å². The van der Waals surface area contributed by atoms with Crippen molar-refractivity contribution in [3.8, 4) is 23.0 Å². The van der Waals surface area contributed by atoms with Crippen molar-refractivity contribution < 1.29 is 41.8 Å². The Hall–Kier alpha value is -3.84. The standard InChI is InChI=1S/C30H21BrCl2F2N3O7P/c1-41-29(39)20-5-3-7-24(14-20)42-23-6-2-4-19(13-23)28-36-37-30(43-28)38(22-10-11-26(32)27(33)15-22)16-18-8-9-21(25(31)12-18)17-46(40,44-34)45-35/h2-15H,16-17H2,1H3. The van der Waals surface area contributed by atoms with Crippen LogP contribution in [0.15, 0.2) is 93.8 Å². The van der Waals surface area contributed by atoms with Crippen molar-refractivity contribution in [2.24, 2.45) is 0 Å². The highest BCUT2D eigenvalue weighted by atomic mass is 79.9. The Labute approximate surface area is 279 Å². The lowest BCUT2D eigenvalue weighted by molar-refractivity contribution is -0.0881. The van der Waals surface area contributed by atoms with Crippen LogP contribution >= 0.6 is 46.7 Å². The molecule has 0 unspecified atom stereocenters. The summed E-state index contributed by atoms with van der Waals surface area (Å²) in [5, 5.41) is 9.11. The number of anilines is 2. The molecular formula is C30H21BrCl2F2N3O7P. The summed E-state index contributed by atoms with van der Waals surface area (Å²) < 4.78 is 60.9. The molecule has 0 N–H and O–H groups in total. The maximum atomic E-state index is 12.6. The van der Waals surface area contributed by atoms with Gasteiger partial charge in [0.1, 0.15) is 11.5 Å². The van der Waals surface area contributed by atoms with E-state index >= 15 is 0 Å². The number of benzene rings is 4. The van der Waals surface area contributed by atoms with Gasteiger partial charge in [-0.2, -0.15) is 0 Å². The smallest absolute Gasteiger partial charge is 0.399 e. The largest absolute Gasteiger partial charge is 0.465 e. The van der Waals surface area contributed by atoms with Gasteiger partial charge in [0.15, 0.2) is 0 Å². The van der Waals surface area contributed by atoms with Crippen molar-refractivity contribution in [1.29, 1.82) is 0 Å². The van der Waals surface area contributed by atoms with Crippen LogP contribution in [0.5, 0.6) is 11.5 Å². The van der Waals surface area contributed by atoms with Crippen LogP contribution in [0, 0.1) is 0 Å². The summed E-state index contributed by atoms with van der Waals surface area (Å²) >= 11 is 15.8. The first-order valence-corrected chi connectivity index (χ1v) is 16.4. The number of methoxy groups -OCH3 is 1. The highest BCUT2D eigenvalue weighted by molar-refractivity contribution is 9.10. The topological polar surface area (TPSA) is 113 Å². The molecule has 0 aliphatic carbocycles. The summed E-state index contributed by atoms with van der Waals surface area (Å²) in [6.07, 6.45) is -0.649. The Balaban J connectivity index is 1.43. The average molecular weight is 755 g/mol. The van der Waals surface area contributed by atoms with Crippen LogP contribution in [0.25, 0.3) is 11.5 Å². The van der Waals surface area contributed by atoms with E-state index < -0.39 is 19.7 Å². The van der Waals surface area contributed by atoms with Gasteiger partial charge in [0.05, 0.1) is 35.4 Å². The Kier molecular flexibility index (Phi) is 10.7. The predicted octanol–water partition coefficient (Wildman–Crippen LogP) is 10.2. The number of esters is 1. The van der Waals surface area contributed by atoms with E-state index in [4.69, 9.17) is 37.1 Å². The first-order chi connectivity index (χ1) is 22.1. The van der Waals surface area contributed by atoms with Gasteiger partial charge in [0.25, 0.3) is 0 Å². The predicted molar refractivity (Wildman–Crippen MR) is 170 cm³/mol. The summed E-state index contributed by atoms with van der Waals surface area (Å²) in [6.45, 7) is 0.162. The fourth-order valence-corrected chi connectivity index (χ4v) is 6.15. The minimum absolute atomic E-state index is 0.104. The Bertz CT molecular complexity index is 1930. The highest BCUT2D eigenvalue weighted by Crippen LogP contribution is 2.53. The maximum absolute atomic E-state index is 12.6. The van der Waals surface area contributed by atoms with E-state index in [2.05, 4.69) is 35.6 Å². The van der Waals surface area contributed by atoms with Gasteiger partial charge in [-0.3, -0.25) is 9.46 Å². The van der Waals surface area contributed by atoms with Crippen LogP contribution in [-0.4, -0.2) is 23.3 Å². The fourth-order valence-electron chi connectivity index (χ4n) is 4.26. The summed E-state index contributed by atoms with van der Waals surface area (Å²) in [5.74, 6) is 0.562. The molecule has 0 saturated carbocycles. The van der Waals surface area contributed by atoms with Gasteiger partial charge in [0.2, 0.25) is 5.89 Å². The summed E-state index contributed by atoms with van der Waals surface area (Å²) in [5.41, 5.74) is 2.42. The summed E-state index contributed by atoms with van der Waals surface area (Å²) in [4.78, 5) is 13.6. The van der Waals surface area contributed by atoms with Crippen LogP contribution in [0.1, 0.15) is 21.5 Å². The lowest BCUT2D eigenvalue weighted by Crippen LogP contribution is -2.17. The molecule has 0 aliphatic rings. The molecular weight excluding hydrogens is 734 g/mol. The molecule has 238 valence electrons. The van der Waals surface area contributed by atoms with Crippen LogP contribution in [0.2, 0.25) is 10.0 Å². The van der Waals surface area contributed by atoms with Crippen molar-refractivity contribution in [3.05, 3.63) is 116 Å². The molecule has 5 rings (SSSR count). The van der Waals surface area contributed by atoms with Crippen LogP contribution in [0.3, 0.4) is 0 Å². The number of ether oxygens (including phenoxy) is 2. The van der Waals surface area contributed by atoms with Crippen molar-refractivity contribution in [3.63, 3.8) is 0 Å². The van der Waals surface area contributed by atoms with Gasteiger partial charge in [-0.25, -0.2) is 4.79 Å². The van der Waals surface area contributed by atoms with Gasteiger partial charge in [-0.05, 0) is 80.8 Å². The fraction of sp³-hybridized carbons (Fsp3) is 0.100. The molecule has 0 amide bonds. The Morgan fingerprint density at radius 3 is 2.37 bits per heavy atom. The molecule has 0 fully saturated rings. The van der Waals surface area contributed by atoms with E-state index in [1.54, 1.807) is 83.8 Å². The number of nitrogens with zero attached hydrogens (tertiary/aromatic N) is 3. The number of halogens is 5. The van der Waals surface area contributed by atoms with E-state index in [1.165, 1.54) is 13.2 Å². The molecule has 0 radical (unpaired) electrons. The van der Waals surface area contributed by atoms with Gasteiger partial charge in [0, 0.05) is 15.7 Å². The number of rotatable bonds is 12. The second-order valence-electron chi connectivity index (χ2n) is 9.56. The third-order valence-electron chi connectivity index (χ3n) is 6.46. The maximum Gasteiger partial charge on any atom is 0.399 e. The monoisotopic (exact) mass is 753 g/mol. The van der Waals surface area contributed by atoms with E-state index in [9.17, 15) is 18.4 Å². The molecule has 46 heavy (non-hydrogen) atoms. The molecule has 1 aromatic heterocycles. The zero-order valence-electron chi connectivity index (χ0n) is 23.5. The zero-order chi connectivity index (χ0) is 32.8. The van der Waals surface area contributed by atoms with Gasteiger partial charge in [-0.15, -0.1) is 14.6 Å². The number of hydrogen-bond donors (Lipinski definition) is 0. The molecule has 0 atom stereocenters. The summed E-state index contributed by atoms with van der Waals surface area (Å²) in [7, 11) is -3.30. The van der Waals surface area contributed by atoms with E-state index in [1.807, 2.05) is 0 Å². The van der Waals surface area contributed by atoms with Crippen molar-refractivity contribution >= 4 is 64.4 Å². The molecule has 0 saturated heterocycles. The summed E-state index contributed by atoms with van der Waals surface area (Å²) in [6, 6.07) is 23.4. The molecule has 16 heteroatoms. The van der Waals surface area contributed by atoms with Crippen LogP contribution < -0.4 is 9.64 Å². The zero-order valence-corrected chi connectivity index (χ0v) is 27.5. The first-order valence-electron chi connectivity index (χ1n) is 13.1. The number of carbonyl (C=O) groups excluding carboxylic acids is 1. The Morgan fingerprint density at radius 2 is 1.67 bits per heavy atom. The molecule has 5 aromatic rings. The lowest BCUT2D eigenvalue weighted by atomic mass is 10.1. The molecule has 0 aliphatic heterocycles. The second kappa shape index (κ2) is 14.7. The number of hydrogen-bond acceptors (Lipinski definition) is 10. The highest BCUT2D eigenvalue weighted by Gasteiger charge is 2.29. The second-order valence-corrected chi connectivity index (χ2v) is 13.0. The number of carbonyl (C=O) groups is 1. The van der Waals surface area contributed by atoms with Crippen molar-refractivity contribution in [1.82, 2.24) is 10.2 Å². The van der Waals surface area contributed by atoms with Gasteiger partial charge >= 0.3 is 19.6 Å². The minimum atomic E-state index is -4.60. The van der Waals surface area contributed by atoms with Crippen LogP contribution in [0.4, 0.5) is 20.8 Å². The number of aromatic nitrogens is 2. The first kappa shape index (κ1) is 33.5. The third kappa shape index (κ3) is 7.92. The quantitative estimate of drug-likeness (QED) is 0.0901. The van der Waals surface area contributed by atoms with E-state index in [0.717, 1.165) is 0 Å². The third-order valence-corrected chi connectivity index (χ3v) is 9.09. The normalized spacial score (nSPS) is 11.3. The Morgan fingerprint density at radius 1 is 0.935 bits per heavy atom. The van der Waals surface area contributed by atoms with Crippen molar-refractivity contribution in [2.75, 3.05) is 12.0 Å². The molecule has 4 aromatic carbocycles. The average Bonchev–Trinajstić information content (AvgIpc) is 3.56. The van der Waals surface area contributed by atoms with Gasteiger partial charge in [-0.1, -0.05) is 68.5 Å².